The number of hydrogen-bond donors (Lipinski definition) is 1. The second kappa shape index (κ2) is 8.95. The lowest BCUT2D eigenvalue weighted by Gasteiger charge is -2.12. The minimum Gasteiger partial charge on any atom is -0.497 e. The highest BCUT2D eigenvalue weighted by atomic mass is 32.2. The van der Waals surface area contributed by atoms with E-state index in [1.54, 1.807) is 32.3 Å². The second-order valence-corrected chi connectivity index (χ2v) is 7.57. The highest BCUT2D eigenvalue weighted by molar-refractivity contribution is 7.99. The van der Waals surface area contributed by atoms with Crippen molar-refractivity contribution >= 4 is 29.5 Å². The number of anilines is 1. The van der Waals surface area contributed by atoms with Crippen molar-refractivity contribution in [2.75, 3.05) is 25.2 Å². The number of aliphatic imine (C=N–C) groups is 1. The van der Waals surface area contributed by atoms with Crippen LogP contribution >= 0.6 is 11.8 Å². The zero-order valence-electron chi connectivity index (χ0n) is 16.2. The molecule has 0 saturated heterocycles. The summed E-state index contributed by atoms with van der Waals surface area (Å²) in [7, 11) is 3.43. The van der Waals surface area contributed by atoms with Crippen molar-refractivity contribution in [1.29, 1.82) is 0 Å². The third-order valence-electron chi connectivity index (χ3n) is 4.44. The zero-order valence-corrected chi connectivity index (χ0v) is 17.0. The molecular formula is C21H25N3O2S. The van der Waals surface area contributed by atoms with Crippen molar-refractivity contribution in [3.05, 3.63) is 53.1 Å². The van der Waals surface area contributed by atoms with E-state index in [-0.39, 0.29) is 6.10 Å². The van der Waals surface area contributed by atoms with Crippen LogP contribution in [0.15, 0.2) is 51.4 Å². The number of ether oxygens (including phenoxy) is 1. The van der Waals surface area contributed by atoms with E-state index in [9.17, 15) is 0 Å². The van der Waals surface area contributed by atoms with Crippen LogP contribution in [0, 0.1) is 13.8 Å². The number of oxime groups is 1. The molecule has 1 N–H and O–H groups in total. The summed E-state index contributed by atoms with van der Waals surface area (Å²) in [5, 5.41) is 7.56. The normalized spacial score (nSPS) is 16.3. The average Bonchev–Trinajstić information content (AvgIpc) is 3.15. The van der Waals surface area contributed by atoms with Crippen LogP contribution in [0.25, 0.3) is 0 Å². The van der Waals surface area contributed by atoms with Gasteiger partial charge in [0.05, 0.1) is 19.2 Å². The molecule has 0 radical (unpaired) electrons. The summed E-state index contributed by atoms with van der Waals surface area (Å²) in [6, 6.07) is 12.4. The van der Waals surface area contributed by atoms with Crippen LogP contribution in [0.1, 0.15) is 23.1 Å². The van der Waals surface area contributed by atoms with Crippen LogP contribution in [0.3, 0.4) is 0 Å². The maximum Gasteiger partial charge on any atom is 0.142 e. The van der Waals surface area contributed by atoms with E-state index in [0.29, 0.717) is 0 Å². The zero-order chi connectivity index (χ0) is 19.2. The number of hydrogen-bond acceptors (Lipinski definition) is 5. The topological polar surface area (TPSA) is 55.2 Å². The molecular weight excluding hydrogens is 358 g/mol. The summed E-state index contributed by atoms with van der Waals surface area (Å²) >= 11 is 1.76. The Bertz CT molecular complexity index is 865. The number of nitrogens with one attached hydrogen (secondary N) is 1. The first-order valence-electron chi connectivity index (χ1n) is 8.89. The molecule has 0 spiro atoms. The molecule has 3 rings (SSSR count). The Balaban J connectivity index is 1.62. The highest BCUT2D eigenvalue weighted by Crippen LogP contribution is 2.29. The van der Waals surface area contributed by atoms with Crippen LogP contribution in [0.2, 0.25) is 0 Å². The maximum absolute atomic E-state index is 5.69. The maximum atomic E-state index is 5.69. The number of nitrogens with zero attached hydrogens (tertiary/aromatic N) is 2. The number of thioether (sulfide) groups is 1. The Morgan fingerprint density at radius 1 is 1.30 bits per heavy atom. The van der Waals surface area contributed by atoms with E-state index >= 15 is 0 Å². The molecule has 1 aliphatic heterocycles. The van der Waals surface area contributed by atoms with E-state index in [4.69, 9.17) is 9.57 Å². The molecule has 142 valence electrons. The van der Waals surface area contributed by atoms with Gasteiger partial charge in [0.1, 0.15) is 11.9 Å². The monoisotopic (exact) mass is 383 g/mol. The molecule has 1 heterocycles. The van der Waals surface area contributed by atoms with Gasteiger partial charge in [0.15, 0.2) is 0 Å². The van der Waals surface area contributed by atoms with E-state index in [1.165, 1.54) is 10.5 Å². The predicted molar refractivity (Wildman–Crippen MR) is 114 cm³/mol. The highest BCUT2D eigenvalue weighted by Gasteiger charge is 2.24. The van der Waals surface area contributed by atoms with E-state index in [0.717, 1.165) is 40.4 Å². The molecule has 2 aromatic carbocycles. The van der Waals surface area contributed by atoms with Crippen molar-refractivity contribution < 1.29 is 9.57 Å². The molecule has 0 saturated carbocycles. The van der Waals surface area contributed by atoms with Crippen molar-refractivity contribution in [3.63, 3.8) is 0 Å². The van der Waals surface area contributed by atoms with Crippen LogP contribution in [0.5, 0.6) is 5.75 Å². The first kappa shape index (κ1) is 19.3. The lowest BCUT2D eigenvalue weighted by Crippen LogP contribution is -2.12. The van der Waals surface area contributed by atoms with Gasteiger partial charge in [-0.1, -0.05) is 11.2 Å². The van der Waals surface area contributed by atoms with Crippen LogP contribution in [-0.2, 0) is 4.84 Å². The number of benzene rings is 2. The SMILES string of the molecule is CN=CNc1cc(C)c(C2=NOC(CSc3cccc(OC)c3)C2)cc1C. The summed E-state index contributed by atoms with van der Waals surface area (Å²) in [5.41, 5.74) is 5.57. The first-order chi connectivity index (χ1) is 13.1. The fourth-order valence-corrected chi connectivity index (χ4v) is 3.90. The van der Waals surface area contributed by atoms with Gasteiger partial charge in [-0.05, 0) is 55.3 Å². The van der Waals surface area contributed by atoms with Gasteiger partial charge in [-0.25, -0.2) is 0 Å². The molecule has 0 aromatic heterocycles. The Morgan fingerprint density at radius 3 is 2.93 bits per heavy atom. The minimum absolute atomic E-state index is 0.0842. The lowest BCUT2D eigenvalue weighted by atomic mass is 9.97. The summed E-state index contributed by atoms with van der Waals surface area (Å²) < 4.78 is 5.28. The van der Waals surface area contributed by atoms with Crippen molar-refractivity contribution in [1.82, 2.24) is 0 Å². The fourth-order valence-electron chi connectivity index (χ4n) is 2.97. The molecule has 0 amide bonds. The Labute approximate surface area is 164 Å². The van der Waals surface area contributed by atoms with Crippen LogP contribution in [0.4, 0.5) is 5.69 Å². The molecule has 5 nitrogen and oxygen atoms in total. The number of rotatable bonds is 7. The molecule has 0 fully saturated rings. The largest absolute Gasteiger partial charge is 0.497 e. The van der Waals surface area contributed by atoms with Gasteiger partial charge in [0.25, 0.3) is 0 Å². The molecule has 6 heteroatoms. The molecule has 1 unspecified atom stereocenters. The predicted octanol–water partition coefficient (Wildman–Crippen LogP) is 4.67. The molecule has 27 heavy (non-hydrogen) atoms. The van der Waals surface area contributed by atoms with Crippen LogP contribution in [-0.4, -0.2) is 38.1 Å². The summed E-state index contributed by atoms with van der Waals surface area (Å²) in [6.45, 7) is 4.19. The third kappa shape index (κ3) is 4.83. The van der Waals surface area contributed by atoms with Crippen molar-refractivity contribution in [2.45, 2.75) is 31.3 Å². The van der Waals surface area contributed by atoms with Gasteiger partial charge in [-0.15, -0.1) is 11.8 Å². The smallest absolute Gasteiger partial charge is 0.142 e. The Hall–Kier alpha value is -2.47. The van der Waals surface area contributed by atoms with E-state index < -0.39 is 0 Å². The second-order valence-electron chi connectivity index (χ2n) is 6.47. The number of methoxy groups -OCH3 is 1. The van der Waals surface area contributed by atoms with Crippen molar-refractivity contribution in [3.8, 4) is 5.75 Å². The molecule has 0 aliphatic carbocycles. The molecule has 0 bridgehead atoms. The lowest BCUT2D eigenvalue weighted by molar-refractivity contribution is 0.103. The van der Waals surface area contributed by atoms with Crippen molar-refractivity contribution in [2.24, 2.45) is 10.1 Å². The number of aryl methyl sites for hydroxylation is 2. The van der Waals surface area contributed by atoms with Gasteiger partial charge in [-0.2, -0.15) is 0 Å². The third-order valence-corrected chi connectivity index (χ3v) is 5.57. The fraction of sp³-hybridized carbons (Fsp3) is 0.333. The molecule has 1 atom stereocenters. The molecule has 1 aliphatic rings. The van der Waals surface area contributed by atoms with Gasteiger partial charge < -0.3 is 14.9 Å². The summed E-state index contributed by atoms with van der Waals surface area (Å²) in [4.78, 5) is 10.8. The Morgan fingerprint density at radius 2 is 2.15 bits per heavy atom. The van der Waals surface area contributed by atoms with Gasteiger partial charge in [0.2, 0.25) is 0 Å². The average molecular weight is 384 g/mol. The standard InChI is InChI=1S/C21H25N3O2S/c1-14-9-20(23-13-22-3)15(2)8-19(14)21-11-17(26-24-21)12-27-18-7-5-6-16(10-18)25-4/h5-10,13,17H,11-12H2,1-4H3,(H,22,23). The van der Waals surface area contributed by atoms with E-state index in [1.807, 2.05) is 18.2 Å². The van der Waals surface area contributed by atoms with Gasteiger partial charge >= 0.3 is 0 Å². The van der Waals surface area contributed by atoms with Gasteiger partial charge in [0, 0.05) is 35.4 Å². The quantitative estimate of drug-likeness (QED) is 0.429. The Kier molecular flexibility index (Phi) is 6.40. The summed E-state index contributed by atoms with van der Waals surface area (Å²) in [6.07, 6.45) is 2.60. The van der Waals surface area contributed by atoms with Gasteiger partial charge in [-0.3, -0.25) is 4.99 Å². The minimum atomic E-state index is 0.0842. The molecule has 2 aromatic rings. The first-order valence-corrected chi connectivity index (χ1v) is 9.87. The van der Waals surface area contributed by atoms with E-state index in [2.05, 4.69) is 47.5 Å². The summed E-state index contributed by atoms with van der Waals surface area (Å²) in [5.74, 6) is 1.72. The van der Waals surface area contributed by atoms with Crippen LogP contribution < -0.4 is 10.1 Å².